The van der Waals surface area contributed by atoms with Crippen LogP contribution in [-0.2, 0) is 6.54 Å². The number of aromatic nitrogens is 4. The number of carbonyl (C=O) groups excluding carboxylic acids is 1. The number of amides is 1. The first kappa shape index (κ1) is 25.1. The lowest BCUT2D eigenvalue weighted by Crippen LogP contribution is -2.57. The van der Waals surface area contributed by atoms with Crippen molar-refractivity contribution in [3.05, 3.63) is 86.6 Å². The number of benzene rings is 1. The molecule has 0 unspecified atom stereocenters. The van der Waals surface area contributed by atoms with Gasteiger partial charge in [0, 0.05) is 64.1 Å². The molecule has 1 aliphatic heterocycles. The molecule has 10 heteroatoms. The molecule has 1 fully saturated rings. The number of carbonyl (C=O) groups is 1. The summed E-state index contributed by atoms with van der Waals surface area (Å²) in [6.07, 6.45) is 5.72. The summed E-state index contributed by atoms with van der Waals surface area (Å²) in [6.45, 7) is 8.05. The number of nitrogens with zero attached hydrogens (tertiary/aromatic N) is 6. The van der Waals surface area contributed by atoms with Crippen LogP contribution in [0.3, 0.4) is 0 Å². The third kappa shape index (κ3) is 4.99. The van der Waals surface area contributed by atoms with Crippen molar-refractivity contribution in [2.24, 2.45) is 0 Å². The Bertz CT molecular complexity index is 1410. The van der Waals surface area contributed by atoms with Crippen LogP contribution >= 0.6 is 31.9 Å². The summed E-state index contributed by atoms with van der Waals surface area (Å²) >= 11 is 6.78. The van der Waals surface area contributed by atoms with Gasteiger partial charge in [0.2, 0.25) is 0 Å². The maximum absolute atomic E-state index is 14.4. The number of hydrogen-bond acceptors (Lipinski definition) is 4. The number of hydrogen-bond donors (Lipinski definition) is 0. The van der Waals surface area contributed by atoms with Crippen molar-refractivity contribution in [1.82, 2.24) is 29.2 Å². The van der Waals surface area contributed by atoms with Gasteiger partial charge in [-0.2, -0.15) is 0 Å². The molecule has 1 aromatic carbocycles. The standard InChI is InChI=1S/C26H27Br2FN6O/c1-16-10-33(26(36)19-8-23-6-4-21(28)13-32(23)12-19)11-17(2)34(16)14-22-15-35(31-30-22)18(3)24-7-5-20(27)9-25(24)29/h4-9,12-13,15-18H,10-11,14H2,1-3H3/t16-,17+,18-/m0/s1. The molecule has 0 bridgehead atoms. The Balaban J connectivity index is 1.26. The third-order valence-electron chi connectivity index (χ3n) is 6.90. The normalized spacial score (nSPS) is 19.7. The fourth-order valence-electron chi connectivity index (χ4n) is 4.96. The first-order valence-corrected chi connectivity index (χ1v) is 13.5. The zero-order valence-corrected chi connectivity index (χ0v) is 23.4. The number of fused-ring (bicyclic) bond motifs is 1. The summed E-state index contributed by atoms with van der Waals surface area (Å²) in [4.78, 5) is 17.6. The number of rotatable bonds is 5. The van der Waals surface area contributed by atoms with Crippen LogP contribution in [0.5, 0.6) is 0 Å². The Morgan fingerprint density at radius 1 is 1.06 bits per heavy atom. The van der Waals surface area contributed by atoms with Gasteiger partial charge >= 0.3 is 0 Å². The Hall–Kier alpha value is -2.56. The van der Waals surface area contributed by atoms with Gasteiger partial charge < -0.3 is 9.30 Å². The van der Waals surface area contributed by atoms with Crippen LogP contribution in [0.25, 0.3) is 5.52 Å². The molecule has 0 saturated carbocycles. The van der Waals surface area contributed by atoms with Gasteiger partial charge in [0.1, 0.15) is 5.82 Å². The van der Waals surface area contributed by atoms with Crippen LogP contribution in [-0.4, -0.2) is 60.3 Å². The molecule has 5 rings (SSSR count). The molecule has 0 aliphatic carbocycles. The van der Waals surface area contributed by atoms with Gasteiger partial charge in [-0.1, -0.05) is 27.2 Å². The van der Waals surface area contributed by atoms with Crippen molar-refractivity contribution in [2.45, 2.75) is 45.4 Å². The Kier molecular flexibility index (Phi) is 7.02. The van der Waals surface area contributed by atoms with Gasteiger partial charge in [-0.15, -0.1) is 5.10 Å². The second-order valence-electron chi connectivity index (χ2n) is 9.52. The van der Waals surface area contributed by atoms with Crippen molar-refractivity contribution in [3.63, 3.8) is 0 Å². The molecule has 3 atom stereocenters. The molecule has 3 aromatic heterocycles. The SMILES string of the molecule is C[C@@H]1CN(C(=O)c2cc3ccc(Br)cn3c2)C[C@H](C)N1Cc1cn([C@@H](C)c2ccc(Br)cc2F)nn1. The fourth-order valence-corrected chi connectivity index (χ4v) is 5.65. The van der Waals surface area contributed by atoms with Crippen LogP contribution in [0.4, 0.5) is 4.39 Å². The second-order valence-corrected chi connectivity index (χ2v) is 11.4. The quantitative estimate of drug-likeness (QED) is 0.295. The Morgan fingerprint density at radius 3 is 2.50 bits per heavy atom. The minimum atomic E-state index is -0.277. The van der Waals surface area contributed by atoms with Crippen molar-refractivity contribution >= 4 is 43.3 Å². The molecular weight excluding hydrogens is 591 g/mol. The highest BCUT2D eigenvalue weighted by Crippen LogP contribution is 2.25. The topological polar surface area (TPSA) is 58.7 Å². The summed E-state index contributed by atoms with van der Waals surface area (Å²) in [5.74, 6) is -0.231. The van der Waals surface area contributed by atoms with Gasteiger partial charge in [-0.3, -0.25) is 9.69 Å². The van der Waals surface area contributed by atoms with Crippen molar-refractivity contribution in [2.75, 3.05) is 13.1 Å². The summed E-state index contributed by atoms with van der Waals surface area (Å²) in [7, 11) is 0. The van der Waals surface area contributed by atoms with E-state index in [0.717, 1.165) is 15.7 Å². The van der Waals surface area contributed by atoms with E-state index in [9.17, 15) is 9.18 Å². The molecule has 7 nitrogen and oxygen atoms in total. The zero-order valence-electron chi connectivity index (χ0n) is 20.3. The maximum Gasteiger partial charge on any atom is 0.255 e. The smallest absolute Gasteiger partial charge is 0.255 e. The van der Waals surface area contributed by atoms with E-state index in [0.29, 0.717) is 35.2 Å². The second kappa shape index (κ2) is 10.1. The van der Waals surface area contributed by atoms with Crippen molar-refractivity contribution < 1.29 is 9.18 Å². The summed E-state index contributed by atoms with van der Waals surface area (Å²) < 4.78 is 19.8. The largest absolute Gasteiger partial charge is 0.335 e. The molecule has 4 aromatic rings. The molecule has 1 amide bonds. The van der Waals surface area contributed by atoms with E-state index in [2.05, 4.69) is 60.9 Å². The highest BCUT2D eigenvalue weighted by Gasteiger charge is 2.33. The van der Waals surface area contributed by atoms with Gasteiger partial charge in [-0.25, -0.2) is 9.07 Å². The zero-order chi connectivity index (χ0) is 25.6. The van der Waals surface area contributed by atoms with E-state index in [1.807, 2.05) is 59.1 Å². The van der Waals surface area contributed by atoms with Gasteiger partial charge in [-0.05, 0) is 67.0 Å². The van der Waals surface area contributed by atoms with Crippen LogP contribution in [0.15, 0.2) is 63.9 Å². The van der Waals surface area contributed by atoms with E-state index in [1.54, 1.807) is 10.7 Å². The highest BCUT2D eigenvalue weighted by molar-refractivity contribution is 9.10. The third-order valence-corrected chi connectivity index (χ3v) is 7.87. The molecule has 0 radical (unpaired) electrons. The fraction of sp³-hybridized carbons (Fsp3) is 0.346. The van der Waals surface area contributed by atoms with E-state index in [-0.39, 0.29) is 29.8 Å². The van der Waals surface area contributed by atoms with Crippen LogP contribution in [0.1, 0.15) is 48.4 Å². The minimum absolute atomic E-state index is 0.0458. The van der Waals surface area contributed by atoms with Crippen LogP contribution in [0, 0.1) is 5.82 Å². The van der Waals surface area contributed by atoms with E-state index in [4.69, 9.17) is 0 Å². The van der Waals surface area contributed by atoms with Crippen molar-refractivity contribution in [3.8, 4) is 0 Å². The molecular formula is C26H27Br2FN6O. The lowest BCUT2D eigenvalue weighted by Gasteiger charge is -2.44. The molecule has 0 spiro atoms. The highest BCUT2D eigenvalue weighted by atomic mass is 79.9. The summed E-state index contributed by atoms with van der Waals surface area (Å²) in [6, 6.07) is 11.0. The predicted molar refractivity (Wildman–Crippen MR) is 143 cm³/mol. The number of piperazine rings is 1. The van der Waals surface area contributed by atoms with E-state index in [1.165, 1.54) is 6.07 Å². The average Bonchev–Trinajstić information content (AvgIpc) is 3.47. The lowest BCUT2D eigenvalue weighted by atomic mass is 10.1. The first-order chi connectivity index (χ1) is 17.2. The molecule has 1 aliphatic rings. The summed E-state index contributed by atoms with van der Waals surface area (Å²) in [5.41, 5.74) is 3.07. The van der Waals surface area contributed by atoms with E-state index < -0.39 is 0 Å². The van der Waals surface area contributed by atoms with Crippen molar-refractivity contribution in [1.29, 1.82) is 0 Å². The molecule has 1 saturated heterocycles. The molecule has 36 heavy (non-hydrogen) atoms. The monoisotopic (exact) mass is 616 g/mol. The molecule has 188 valence electrons. The Morgan fingerprint density at radius 2 is 1.78 bits per heavy atom. The van der Waals surface area contributed by atoms with E-state index >= 15 is 0 Å². The van der Waals surface area contributed by atoms with Crippen LogP contribution < -0.4 is 0 Å². The predicted octanol–water partition coefficient (Wildman–Crippen LogP) is 5.54. The summed E-state index contributed by atoms with van der Waals surface area (Å²) in [5, 5.41) is 8.63. The lowest BCUT2D eigenvalue weighted by molar-refractivity contribution is 0.0264. The molecule has 4 heterocycles. The maximum atomic E-state index is 14.4. The number of halogens is 3. The van der Waals surface area contributed by atoms with Gasteiger partial charge in [0.15, 0.2) is 0 Å². The number of pyridine rings is 1. The molecule has 0 N–H and O–H groups in total. The first-order valence-electron chi connectivity index (χ1n) is 11.9. The average molecular weight is 618 g/mol. The minimum Gasteiger partial charge on any atom is -0.335 e. The van der Waals surface area contributed by atoms with Crippen LogP contribution in [0.2, 0.25) is 0 Å². The Labute approximate surface area is 226 Å². The van der Waals surface area contributed by atoms with Gasteiger partial charge in [0.25, 0.3) is 5.91 Å². The van der Waals surface area contributed by atoms with Gasteiger partial charge in [0.05, 0.1) is 23.5 Å².